The normalized spacial score (nSPS) is 11.0. The van der Waals surface area contributed by atoms with Gasteiger partial charge in [0.25, 0.3) is 0 Å². The van der Waals surface area contributed by atoms with Crippen molar-refractivity contribution < 1.29 is 4.74 Å². The number of hydrogen-bond acceptors (Lipinski definition) is 3. The number of alkyl halides is 1. The number of thiazole rings is 1. The lowest BCUT2D eigenvalue weighted by atomic mass is 10.3. The summed E-state index contributed by atoms with van der Waals surface area (Å²) in [6.07, 6.45) is 2.00. The molecular formula is C12H8Br2N2OS. The fraction of sp³-hybridized carbons (Fsp3) is 0.0833. The smallest absolute Gasteiger partial charge is 0.243 e. The van der Waals surface area contributed by atoms with Crippen LogP contribution in [0, 0.1) is 0 Å². The fourth-order valence-corrected chi connectivity index (χ4v) is 3.25. The van der Waals surface area contributed by atoms with E-state index < -0.39 is 0 Å². The molecule has 0 N–H and O–H groups in total. The van der Waals surface area contributed by atoms with E-state index in [4.69, 9.17) is 4.74 Å². The van der Waals surface area contributed by atoms with Crippen LogP contribution in [0.2, 0.25) is 0 Å². The Morgan fingerprint density at radius 1 is 1.33 bits per heavy atom. The molecule has 0 spiro atoms. The number of hydrogen-bond donors (Lipinski definition) is 0. The Bertz CT molecular complexity index is 692. The summed E-state index contributed by atoms with van der Waals surface area (Å²) in [5.74, 6) is 1.41. The maximum absolute atomic E-state index is 5.87. The molecule has 0 aliphatic heterocycles. The van der Waals surface area contributed by atoms with Crippen LogP contribution in [0.5, 0.6) is 11.6 Å². The number of ether oxygens (including phenoxy) is 1. The Hall–Kier alpha value is -0.850. The molecule has 3 rings (SSSR count). The molecule has 0 aliphatic carbocycles. The van der Waals surface area contributed by atoms with Crippen molar-refractivity contribution in [3.8, 4) is 11.6 Å². The van der Waals surface area contributed by atoms with Gasteiger partial charge in [0.05, 0.1) is 10.2 Å². The number of rotatable bonds is 3. The van der Waals surface area contributed by atoms with Crippen LogP contribution in [-0.2, 0) is 5.33 Å². The van der Waals surface area contributed by atoms with E-state index in [1.807, 2.05) is 40.2 Å². The zero-order valence-electron chi connectivity index (χ0n) is 9.14. The topological polar surface area (TPSA) is 26.5 Å². The maximum Gasteiger partial charge on any atom is 0.243 e. The molecule has 92 valence electrons. The summed E-state index contributed by atoms with van der Waals surface area (Å²) in [4.78, 5) is 5.42. The first-order valence-electron chi connectivity index (χ1n) is 5.22. The van der Waals surface area contributed by atoms with E-state index >= 15 is 0 Å². The van der Waals surface area contributed by atoms with Crippen molar-refractivity contribution in [2.45, 2.75) is 5.33 Å². The average Bonchev–Trinajstić information content (AvgIpc) is 2.92. The first-order valence-corrected chi connectivity index (χ1v) is 8.02. The summed E-state index contributed by atoms with van der Waals surface area (Å²) in [7, 11) is 0. The number of fused-ring (bicyclic) bond motifs is 1. The summed E-state index contributed by atoms with van der Waals surface area (Å²) in [5.41, 5.74) is 1.02. The summed E-state index contributed by atoms with van der Waals surface area (Å²) < 4.78 is 8.82. The molecule has 6 heteroatoms. The highest BCUT2D eigenvalue weighted by molar-refractivity contribution is 9.10. The predicted octanol–water partition coefficient (Wildman–Crippen LogP) is 4.85. The Kier molecular flexibility index (Phi) is 3.41. The van der Waals surface area contributed by atoms with Gasteiger partial charge in [-0.1, -0.05) is 28.1 Å². The molecule has 0 aliphatic rings. The first kappa shape index (κ1) is 12.2. The van der Waals surface area contributed by atoms with E-state index in [1.54, 1.807) is 11.3 Å². The van der Waals surface area contributed by atoms with Gasteiger partial charge in [0, 0.05) is 16.9 Å². The molecule has 2 aromatic heterocycles. The molecule has 18 heavy (non-hydrogen) atoms. The number of benzene rings is 1. The minimum atomic E-state index is 0.644. The molecule has 0 atom stereocenters. The third-order valence-corrected chi connectivity index (χ3v) is 4.44. The molecule has 0 unspecified atom stereocenters. The largest absolute Gasteiger partial charge is 0.436 e. The summed E-state index contributed by atoms with van der Waals surface area (Å²) in [5, 5.41) is 2.71. The lowest BCUT2D eigenvalue weighted by Crippen LogP contribution is -1.91. The monoisotopic (exact) mass is 386 g/mol. The Balaban J connectivity index is 2.04. The second kappa shape index (κ2) is 5.03. The second-order valence-corrected chi connectivity index (χ2v) is 5.87. The van der Waals surface area contributed by atoms with Gasteiger partial charge >= 0.3 is 0 Å². The van der Waals surface area contributed by atoms with Crippen LogP contribution in [0.15, 0.2) is 40.3 Å². The molecule has 0 saturated heterocycles. The van der Waals surface area contributed by atoms with E-state index in [1.165, 1.54) is 0 Å². The van der Waals surface area contributed by atoms with Crippen LogP contribution in [0.1, 0.15) is 5.69 Å². The molecule has 0 saturated carbocycles. The summed E-state index contributed by atoms with van der Waals surface area (Å²) in [6.45, 7) is 0. The fourth-order valence-electron chi connectivity index (χ4n) is 1.65. The van der Waals surface area contributed by atoms with Crippen LogP contribution in [-0.4, -0.2) is 9.38 Å². The quantitative estimate of drug-likeness (QED) is 0.600. The number of nitrogens with zero attached hydrogens (tertiary/aromatic N) is 2. The Morgan fingerprint density at radius 3 is 2.94 bits per heavy atom. The lowest BCUT2D eigenvalue weighted by Gasteiger charge is -2.05. The summed E-state index contributed by atoms with van der Waals surface area (Å²) >= 11 is 8.54. The van der Waals surface area contributed by atoms with Gasteiger partial charge in [-0.05, 0) is 28.1 Å². The lowest BCUT2D eigenvalue weighted by molar-refractivity contribution is 0.459. The molecule has 1 aromatic carbocycles. The van der Waals surface area contributed by atoms with Gasteiger partial charge in [-0.2, -0.15) is 4.98 Å². The van der Waals surface area contributed by atoms with E-state index in [9.17, 15) is 0 Å². The van der Waals surface area contributed by atoms with Crippen molar-refractivity contribution >= 4 is 48.2 Å². The van der Waals surface area contributed by atoms with Gasteiger partial charge in [0.1, 0.15) is 5.75 Å². The second-order valence-electron chi connectivity index (χ2n) is 3.59. The Morgan fingerprint density at radius 2 is 2.17 bits per heavy atom. The highest BCUT2D eigenvalue weighted by Gasteiger charge is 2.14. The van der Waals surface area contributed by atoms with E-state index in [0.717, 1.165) is 20.9 Å². The van der Waals surface area contributed by atoms with E-state index in [2.05, 4.69) is 36.8 Å². The highest BCUT2D eigenvalue weighted by atomic mass is 79.9. The zero-order valence-corrected chi connectivity index (χ0v) is 13.1. The first-order chi connectivity index (χ1) is 8.79. The number of para-hydroxylation sites is 1. The predicted molar refractivity (Wildman–Crippen MR) is 79.9 cm³/mol. The standard InChI is InChI=1S/C12H8Br2N2OS/c13-7-9-11(15-12-16(9)5-6-18-12)17-10-4-2-1-3-8(10)14/h1-6H,7H2. The van der Waals surface area contributed by atoms with Gasteiger partial charge in [-0.3, -0.25) is 4.40 Å². The van der Waals surface area contributed by atoms with Gasteiger partial charge in [-0.15, -0.1) is 11.3 Å². The zero-order chi connectivity index (χ0) is 12.5. The Labute approximate surface area is 125 Å². The van der Waals surface area contributed by atoms with Gasteiger partial charge in [-0.25, -0.2) is 0 Å². The minimum Gasteiger partial charge on any atom is -0.436 e. The summed E-state index contributed by atoms with van der Waals surface area (Å²) in [6, 6.07) is 7.75. The van der Waals surface area contributed by atoms with E-state index in [-0.39, 0.29) is 0 Å². The molecule has 3 nitrogen and oxygen atoms in total. The molecular weight excluding hydrogens is 380 g/mol. The average molecular weight is 388 g/mol. The van der Waals surface area contributed by atoms with Crippen molar-refractivity contribution in [1.29, 1.82) is 0 Å². The van der Waals surface area contributed by atoms with Crippen LogP contribution >= 0.6 is 43.2 Å². The molecule has 0 radical (unpaired) electrons. The molecule has 3 aromatic rings. The van der Waals surface area contributed by atoms with Gasteiger partial charge < -0.3 is 4.74 Å². The van der Waals surface area contributed by atoms with Gasteiger partial charge in [0.2, 0.25) is 5.88 Å². The van der Waals surface area contributed by atoms with Crippen molar-refractivity contribution in [1.82, 2.24) is 9.38 Å². The van der Waals surface area contributed by atoms with Crippen molar-refractivity contribution in [3.05, 3.63) is 46.0 Å². The van der Waals surface area contributed by atoms with Crippen molar-refractivity contribution in [2.24, 2.45) is 0 Å². The number of halogens is 2. The third-order valence-electron chi connectivity index (χ3n) is 2.49. The molecule has 0 fully saturated rings. The number of aromatic nitrogens is 2. The molecule has 0 amide bonds. The maximum atomic E-state index is 5.87. The van der Waals surface area contributed by atoms with Crippen LogP contribution in [0.25, 0.3) is 4.96 Å². The molecule has 0 bridgehead atoms. The van der Waals surface area contributed by atoms with Crippen molar-refractivity contribution in [3.63, 3.8) is 0 Å². The van der Waals surface area contributed by atoms with Crippen molar-refractivity contribution in [2.75, 3.05) is 0 Å². The number of imidazole rings is 1. The third kappa shape index (κ3) is 2.08. The minimum absolute atomic E-state index is 0.644. The SMILES string of the molecule is BrCc1c(Oc2ccccc2Br)nc2sccn12. The van der Waals surface area contributed by atoms with Crippen LogP contribution in [0.4, 0.5) is 0 Å². The highest BCUT2D eigenvalue weighted by Crippen LogP contribution is 2.32. The van der Waals surface area contributed by atoms with Crippen LogP contribution in [0.3, 0.4) is 0 Å². The molecule has 2 heterocycles. The van der Waals surface area contributed by atoms with Gasteiger partial charge in [0.15, 0.2) is 4.96 Å². The van der Waals surface area contributed by atoms with Crippen LogP contribution < -0.4 is 4.74 Å². The van der Waals surface area contributed by atoms with E-state index in [0.29, 0.717) is 11.2 Å².